The Bertz CT molecular complexity index is 279. The van der Waals surface area contributed by atoms with E-state index >= 15 is 0 Å². The van der Waals surface area contributed by atoms with Crippen molar-refractivity contribution in [2.75, 3.05) is 20.3 Å². The molecule has 1 heterocycles. The van der Waals surface area contributed by atoms with Crippen LogP contribution in [0.2, 0.25) is 0 Å². The number of aliphatic hydroxyl groups excluding tert-OH is 1. The topological polar surface area (TPSA) is 90.0 Å². The fourth-order valence-electron chi connectivity index (χ4n) is 1.08. The van der Waals surface area contributed by atoms with Crippen LogP contribution in [0.4, 0.5) is 0 Å². The first-order chi connectivity index (χ1) is 7.88. The van der Waals surface area contributed by atoms with E-state index in [2.05, 4.69) is 35.8 Å². The second-order valence-corrected chi connectivity index (χ2v) is 3.86. The molecule has 17 heavy (non-hydrogen) atoms. The Morgan fingerprint density at radius 1 is 1.65 bits per heavy atom. The van der Waals surface area contributed by atoms with E-state index in [9.17, 15) is 4.79 Å². The summed E-state index contributed by atoms with van der Waals surface area (Å²) in [5.74, 6) is -1.18. The first-order valence-corrected chi connectivity index (χ1v) is 5.28. The van der Waals surface area contributed by atoms with Gasteiger partial charge in [0.15, 0.2) is 0 Å². The van der Waals surface area contributed by atoms with Crippen molar-refractivity contribution in [3.05, 3.63) is 25.1 Å². The normalized spacial score (nSPS) is 17.2. The van der Waals surface area contributed by atoms with Gasteiger partial charge in [0.25, 0.3) is 0 Å². The lowest BCUT2D eigenvalue weighted by Gasteiger charge is -2.15. The number of hydrogen-bond acceptors (Lipinski definition) is 5. The average molecular weight is 243 g/mol. The van der Waals surface area contributed by atoms with Gasteiger partial charge in [-0.15, -0.1) is 6.58 Å². The molecule has 2 atom stereocenters. The van der Waals surface area contributed by atoms with Crippen molar-refractivity contribution in [1.82, 2.24) is 9.80 Å². The van der Waals surface area contributed by atoms with Gasteiger partial charge < -0.3 is 25.7 Å². The number of carboxylic acid groups (broad SMARTS) is 1. The fraction of sp³-hybridized carbons (Fsp3) is 0.545. The average Bonchev–Trinajstić information content (AvgIpc) is 2.64. The minimum Gasteiger partial charge on any atom is -0.480 e. The van der Waals surface area contributed by atoms with Crippen molar-refractivity contribution in [1.29, 1.82) is 0 Å². The lowest BCUT2D eigenvalue weighted by molar-refractivity contribution is -0.140. The predicted octanol–water partition coefficient (Wildman–Crippen LogP) is -0.372. The molecule has 0 bridgehead atoms. The Balaban J connectivity index is 0.000000304. The van der Waals surface area contributed by atoms with Crippen molar-refractivity contribution in [2.45, 2.75) is 19.1 Å². The van der Waals surface area contributed by atoms with Gasteiger partial charge in [0.1, 0.15) is 6.04 Å². The first-order valence-electron chi connectivity index (χ1n) is 5.28. The summed E-state index contributed by atoms with van der Waals surface area (Å²) in [6.07, 6.45) is 5.06. The van der Waals surface area contributed by atoms with E-state index < -0.39 is 18.1 Å². The van der Waals surface area contributed by atoms with Crippen LogP contribution in [0.15, 0.2) is 25.1 Å². The second kappa shape index (κ2) is 7.70. The van der Waals surface area contributed by atoms with E-state index in [4.69, 9.17) is 15.9 Å². The summed E-state index contributed by atoms with van der Waals surface area (Å²) < 4.78 is 0. The number of hydrogen-bond donors (Lipinski definition) is 3. The molecule has 0 aliphatic carbocycles. The van der Waals surface area contributed by atoms with Gasteiger partial charge in [-0.25, -0.2) is 0 Å². The summed E-state index contributed by atoms with van der Waals surface area (Å²) in [5, 5.41) is 16.6. The highest BCUT2D eigenvalue weighted by Gasteiger charge is 2.16. The lowest BCUT2D eigenvalue weighted by atomic mass is 10.2. The summed E-state index contributed by atoms with van der Waals surface area (Å²) >= 11 is 0. The SMILES string of the molecule is C=CCN1C=CN(C)C1.CC(O)C(N)C(=O)O. The maximum absolute atomic E-state index is 9.86. The van der Waals surface area contributed by atoms with Crippen LogP contribution in [0.3, 0.4) is 0 Å². The van der Waals surface area contributed by atoms with Crippen molar-refractivity contribution < 1.29 is 15.0 Å². The molecule has 98 valence electrons. The Morgan fingerprint density at radius 3 is 2.47 bits per heavy atom. The summed E-state index contributed by atoms with van der Waals surface area (Å²) in [7, 11) is 2.06. The van der Waals surface area contributed by atoms with Crippen LogP contribution < -0.4 is 5.73 Å². The maximum Gasteiger partial charge on any atom is 0.323 e. The standard InChI is InChI=1S/C7H12N2.C4H9NO3/c1-3-4-9-6-5-8(2)7-9;1-2(6)3(5)4(7)8/h3,5-6H,1,4,7H2,2H3;2-3,6H,5H2,1H3,(H,7,8). The highest BCUT2D eigenvalue weighted by atomic mass is 16.4. The Hall–Kier alpha value is -1.53. The minimum absolute atomic E-state index is 0.945. The van der Waals surface area contributed by atoms with Gasteiger partial charge in [0, 0.05) is 26.0 Å². The zero-order valence-corrected chi connectivity index (χ0v) is 10.3. The number of nitrogens with zero attached hydrogens (tertiary/aromatic N) is 2. The molecule has 0 spiro atoms. The van der Waals surface area contributed by atoms with Crippen molar-refractivity contribution >= 4 is 5.97 Å². The molecule has 1 aliphatic heterocycles. The molecule has 0 aromatic heterocycles. The van der Waals surface area contributed by atoms with Gasteiger partial charge in [-0.05, 0) is 6.92 Å². The van der Waals surface area contributed by atoms with Crippen LogP contribution in [-0.2, 0) is 4.79 Å². The summed E-state index contributed by atoms with van der Waals surface area (Å²) in [5.41, 5.74) is 4.91. The molecule has 0 amide bonds. The molecular formula is C11H21N3O3. The number of nitrogens with two attached hydrogens (primary N) is 1. The zero-order chi connectivity index (χ0) is 13.4. The van der Waals surface area contributed by atoms with E-state index in [1.165, 1.54) is 6.92 Å². The second-order valence-electron chi connectivity index (χ2n) is 3.86. The van der Waals surface area contributed by atoms with Gasteiger partial charge in [-0.3, -0.25) is 4.79 Å². The molecule has 0 fully saturated rings. The predicted molar refractivity (Wildman–Crippen MR) is 66.0 cm³/mol. The monoisotopic (exact) mass is 243 g/mol. The Morgan fingerprint density at radius 2 is 2.24 bits per heavy atom. The van der Waals surface area contributed by atoms with E-state index in [-0.39, 0.29) is 0 Å². The molecule has 0 saturated carbocycles. The molecule has 2 unspecified atom stereocenters. The molecule has 0 aromatic carbocycles. The van der Waals surface area contributed by atoms with E-state index in [0.29, 0.717) is 0 Å². The third-order valence-corrected chi connectivity index (χ3v) is 2.11. The third-order valence-electron chi connectivity index (χ3n) is 2.11. The number of rotatable bonds is 4. The molecule has 1 rings (SSSR count). The molecule has 4 N–H and O–H groups in total. The Labute approximate surface area is 102 Å². The Kier molecular flexibility index (Phi) is 7.00. The van der Waals surface area contributed by atoms with Gasteiger partial charge in [0.05, 0.1) is 12.8 Å². The van der Waals surface area contributed by atoms with E-state index in [1.54, 1.807) is 0 Å². The first kappa shape index (κ1) is 15.5. The smallest absolute Gasteiger partial charge is 0.323 e. The number of carbonyl (C=O) groups is 1. The van der Waals surface area contributed by atoms with Crippen LogP contribution >= 0.6 is 0 Å². The third kappa shape index (κ3) is 6.60. The van der Waals surface area contributed by atoms with Crippen molar-refractivity contribution in [2.24, 2.45) is 5.73 Å². The molecule has 1 aliphatic rings. The maximum atomic E-state index is 9.86. The number of aliphatic carboxylic acids is 1. The quantitative estimate of drug-likeness (QED) is 0.584. The largest absolute Gasteiger partial charge is 0.480 e. The molecule has 6 heteroatoms. The van der Waals surface area contributed by atoms with Crippen LogP contribution in [0.25, 0.3) is 0 Å². The highest BCUT2D eigenvalue weighted by molar-refractivity contribution is 5.73. The van der Waals surface area contributed by atoms with Gasteiger partial charge in [0.2, 0.25) is 0 Å². The number of carboxylic acids is 1. The number of aliphatic hydroxyl groups is 1. The van der Waals surface area contributed by atoms with Crippen LogP contribution in [-0.4, -0.2) is 58.4 Å². The fourth-order valence-corrected chi connectivity index (χ4v) is 1.08. The van der Waals surface area contributed by atoms with Crippen molar-refractivity contribution in [3.8, 4) is 0 Å². The molecule has 6 nitrogen and oxygen atoms in total. The molecule has 0 aromatic rings. The van der Waals surface area contributed by atoms with Gasteiger partial charge >= 0.3 is 5.97 Å². The summed E-state index contributed by atoms with van der Waals surface area (Å²) in [6, 6.07) is -1.16. The van der Waals surface area contributed by atoms with Gasteiger partial charge in [-0.1, -0.05) is 6.08 Å². The van der Waals surface area contributed by atoms with E-state index in [1.807, 2.05) is 6.08 Å². The molecule has 0 saturated heterocycles. The lowest BCUT2D eigenvalue weighted by Crippen LogP contribution is -2.39. The van der Waals surface area contributed by atoms with Crippen LogP contribution in [0.1, 0.15) is 6.92 Å². The van der Waals surface area contributed by atoms with Crippen molar-refractivity contribution in [3.63, 3.8) is 0 Å². The highest BCUT2D eigenvalue weighted by Crippen LogP contribution is 2.01. The minimum atomic E-state index is -1.18. The zero-order valence-electron chi connectivity index (χ0n) is 10.3. The van der Waals surface area contributed by atoms with E-state index in [0.717, 1.165) is 13.2 Å². The molecule has 0 radical (unpaired) electrons. The summed E-state index contributed by atoms with van der Waals surface area (Å²) in [4.78, 5) is 14.2. The molecular weight excluding hydrogens is 222 g/mol. The van der Waals surface area contributed by atoms with Gasteiger partial charge in [-0.2, -0.15) is 0 Å². The van der Waals surface area contributed by atoms with Crippen LogP contribution in [0.5, 0.6) is 0 Å². The van der Waals surface area contributed by atoms with Crippen LogP contribution in [0, 0.1) is 0 Å². The summed E-state index contributed by atoms with van der Waals surface area (Å²) in [6.45, 7) is 6.92.